The molecule has 0 fully saturated rings. The average Bonchev–Trinajstić information content (AvgIpc) is 2.42. The highest BCUT2D eigenvalue weighted by Gasteiger charge is 2.12. The van der Waals surface area contributed by atoms with Crippen LogP contribution in [0.5, 0.6) is 0 Å². The molecule has 1 unspecified atom stereocenters. The Morgan fingerprint density at radius 2 is 1.95 bits per heavy atom. The summed E-state index contributed by atoms with van der Waals surface area (Å²) in [4.78, 5) is 1.95. The number of hydrogen-bond acceptors (Lipinski definition) is 2. The van der Waals surface area contributed by atoms with Crippen molar-refractivity contribution in [1.29, 1.82) is 0 Å². The summed E-state index contributed by atoms with van der Waals surface area (Å²) in [6, 6.07) is 6.18. The van der Waals surface area contributed by atoms with Crippen LogP contribution < -0.4 is 10.2 Å². The van der Waals surface area contributed by atoms with E-state index < -0.39 is 0 Å². The molecule has 3 heteroatoms. The van der Waals surface area contributed by atoms with E-state index in [2.05, 4.69) is 33.0 Å². The van der Waals surface area contributed by atoms with Crippen molar-refractivity contribution in [3.63, 3.8) is 0 Å². The summed E-state index contributed by atoms with van der Waals surface area (Å²) in [6.45, 7) is 8.49. The highest BCUT2D eigenvalue weighted by Crippen LogP contribution is 2.24. The van der Waals surface area contributed by atoms with Gasteiger partial charge in [0.15, 0.2) is 0 Å². The number of rotatable bonds is 8. The van der Waals surface area contributed by atoms with Gasteiger partial charge < -0.3 is 10.2 Å². The minimum absolute atomic E-state index is 0.156. The molecule has 1 rings (SSSR count). The van der Waals surface area contributed by atoms with Gasteiger partial charge in [-0.05, 0) is 44.9 Å². The number of hydrogen-bond donors (Lipinski definition) is 1. The Kier molecular flexibility index (Phi) is 6.83. The summed E-state index contributed by atoms with van der Waals surface area (Å²) in [5.74, 6) is -0.156. The van der Waals surface area contributed by atoms with E-state index >= 15 is 0 Å². The lowest BCUT2D eigenvalue weighted by Gasteiger charge is -2.25. The van der Waals surface area contributed by atoms with Crippen molar-refractivity contribution in [2.24, 2.45) is 0 Å². The van der Waals surface area contributed by atoms with Gasteiger partial charge in [0.2, 0.25) is 0 Å². The van der Waals surface area contributed by atoms with Gasteiger partial charge >= 0.3 is 0 Å². The van der Waals surface area contributed by atoms with Crippen molar-refractivity contribution in [2.45, 2.75) is 65.5 Å². The van der Waals surface area contributed by atoms with Crippen LogP contribution in [0.1, 0.15) is 53.4 Å². The lowest BCUT2D eigenvalue weighted by Crippen LogP contribution is -2.26. The van der Waals surface area contributed by atoms with E-state index in [0.717, 1.165) is 18.5 Å². The molecule has 0 saturated carbocycles. The summed E-state index contributed by atoms with van der Waals surface area (Å²) >= 11 is 0. The predicted octanol–water partition coefficient (Wildman–Crippen LogP) is 5.05. The zero-order chi connectivity index (χ0) is 15.1. The van der Waals surface area contributed by atoms with Crippen LogP contribution in [0.3, 0.4) is 0 Å². The first-order valence-electron chi connectivity index (χ1n) is 7.78. The highest BCUT2D eigenvalue weighted by atomic mass is 19.1. The van der Waals surface area contributed by atoms with E-state index in [-0.39, 0.29) is 11.9 Å². The largest absolute Gasteiger partial charge is 0.382 e. The van der Waals surface area contributed by atoms with Gasteiger partial charge in [0.05, 0.1) is 5.69 Å². The molecule has 20 heavy (non-hydrogen) atoms. The van der Waals surface area contributed by atoms with Gasteiger partial charge in [0.1, 0.15) is 5.82 Å². The van der Waals surface area contributed by atoms with Crippen LogP contribution >= 0.6 is 0 Å². The number of halogens is 1. The molecule has 0 heterocycles. The molecule has 1 N–H and O–H groups in total. The number of nitrogens with one attached hydrogen (secondary N) is 1. The van der Waals surface area contributed by atoms with Gasteiger partial charge in [0, 0.05) is 24.8 Å². The van der Waals surface area contributed by atoms with E-state index in [1.807, 2.05) is 24.1 Å². The fourth-order valence-corrected chi connectivity index (χ4v) is 2.23. The van der Waals surface area contributed by atoms with E-state index in [4.69, 9.17) is 0 Å². The minimum atomic E-state index is -0.156. The molecule has 2 nitrogen and oxygen atoms in total. The van der Waals surface area contributed by atoms with Crippen molar-refractivity contribution in [3.05, 3.63) is 24.0 Å². The average molecular weight is 280 g/mol. The maximum atomic E-state index is 14.2. The van der Waals surface area contributed by atoms with Crippen LogP contribution in [-0.4, -0.2) is 19.1 Å². The molecule has 0 amide bonds. The Hall–Kier alpha value is -1.25. The molecule has 0 saturated heterocycles. The monoisotopic (exact) mass is 280 g/mol. The molecule has 0 aliphatic carbocycles. The minimum Gasteiger partial charge on any atom is -0.382 e. The van der Waals surface area contributed by atoms with Gasteiger partial charge in [0.25, 0.3) is 0 Å². The highest BCUT2D eigenvalue weighted by molar-refractivity contribution is 5.56. The maximum Gasteiger partial charge on any atom is 0.148 e. The summed E-state index contributed by atoms with van der Waals surface area (Å²) in [5, 5.41) is 3.44. The molecule has 0 aliphatic rings. The van der Waals surface area contributed by atoms with Crippen LogP contribution in [0.2, 0.25) is 0 Å². The molecule has 0 bridgehead atoms. The number of benzene rings is 1. The zero-order valence-corrected chi connectivity index (χ0v) is 13.5. The summed E-state index contributed by atoms with van der Waals surface area (Å²) in [7, 11) is 1.92. The number of unbranched alkanes of at least 4 members (excludes halogenated alkanes) is 1. The molecule has 0 spiro atoms. The molecule has 1 aromatic carbocycles. The van der Waals surface area contributed by atoms with Crippen molar-refractivity contribution < 1.29 is 4.39 Å². The van der Waals surface area contributed by atoms with Crippen LogP contribution in [-0.2, 0) is 0 Å². The van der Waals surface area contributed by atoms with Crippen LogP contribution in [0, 0.1) is 5.82 Å². The Labute approximate surface area is 123 Å². The van der Waals surface area contributed by atoms with Gasteiger partial charge in [-0.3, -0.25) is 0 Å². The summed E-state index contributed by atoms with van der Waals surface area (Å²) in [5.41, 5.74) is 1.54. The first kappa shape index (κ1) is 16.8. The first-order chi connectivity index (χ1) is 9.49. The summed E-state index contributed by atoms with van der Waals surface area (Å²) < 4.78 is 14.2. The Bertz CT molecular complexity index is 404. The SMILES string of the molecule is CCCCC(CC)Nc1ccc(N(C)C(C)C)c(F)c1. The van der Waals surface area contributed by atoms with E-state index in [0.29, 0.717) is 11.7 Å². The van der Waals surface area contributed by atoms with Crippen LogP contribution in [0.15, 0.2) is 18.2 Å². The standard InChI is InChI=1S/C17H29FN2/c1-6-8-9-14(7-2)19-15-10-11-17(16(18)12-15)20(5)13(3)4/h10-14,19H,6-9H2,1-5H3. The Morgan fingerprint density at radius 3 is 2.45 bits per heavy atom. The molecule has 1 atom stereocenters. The van der Waals surface area contributed by atoms with E-state index in [1.165, 1.54) is 12.8 Å². The van der Waals surface area contributed by atoms with Crippen LogP contribution in [0.4, 0.5) is 15.8 Å². The predicted molar refractivity (Wildman–Crippen MR) is 87.2 cm³/mol. The number of nitrogens with zero attached hydrogens (tertiary/aromatic N) is 1. The van der Waals surface area contributed by atoms with Gasteiger partial charge in [-0.2, -0.15) is 0 Å². The van der Waals surface area contributed by atoms with Crippen molar-refractivity contribution >= 4 is 11.4 Å². The zero-order valence-electron chi connectivity index (χ0n) is 13.5. The molecule has 1 aromatic rings. The Balaban J connectivity index is 2.76. The van der Waals surface area contributed by atoms with Gasteiger partial charge in [-0.1, -0.05) is 26.7 Å². The quantitative estimate of drug-likeness (QED) is 0.716. The summed E-state index contributed by atoms with van der Waals surface area (Å²) in [6.07, 6.45) is 4.62. The maximum absolute atomic E-state index is 14.2. The first-order valence-corrected chi connectivity index (χ1v) is 7.78. The van der Waals surface area contributed by atoms with E-state index in [9.17, 15) is 4.39 Å². The smallest absolute Gasteiger partial charge is 0.148 e. The van der Waals surface area contributed by atoms with Crippen molar-refractivity contribution in [3.8, 4) is 0 Å². The lowest BCUT2D eigenvalue weighted by atomic mass is 10.1. The third-order valence-corrected chi connectivity index (χ3v) is 3.87. The molecule has 0 aromatic heterocycles. The third-order valence-electron chi connectivity index (χ3n) is 3.87. The van der Waals surface area contributed by atoms with E-state index in [1.54, 1.807) is 6.07 Å². The van der Waals surface area contributed by atoms with Crippen molar-refractivity contribution in [2.75, 3.05) is 17.3 Å². The fraction of sp³-hybridized carbons (Fsp3) is 0.647. The molecule has 114 valence electrons. The normalized spacial score (nSPS) is 12.6. The molecule has 0 aliphatic heterocycles. The van der Waals surface area contributed by atoms with Crippen LogP contribution in [0.25, 0.3) is 0 Å². The van der Waals surface area contributed by atoms with Gasteiger partial charge in [-0.15, -0.1) is 0 Å². The lowest BCUT2D eigenvalue weighted by molar-refractivity contribution is 0.590. The molecular formula is C17H29FN2. The van der Waals surface area contributed by atoms with Gasteiger partial charge in [-0.25, -0.2) is 4.39 Å². The second kappa shape index (κ2) is 8.13. The van der Waals surface area contributed by atoms with Crippen molar-refractivity contribution in [1.82, 2.24) is 0 Å². The molecular weight excluding hydrogens is 251 g/mol. The topological polar surface area (TPSA) is 15.3 Å². The molecule has 0 radical (unpaired) electrons. The third kappa shape index (κ3) is 4.69. The number of anilines is 2. The second-order valence-corrected chi connectivity index (χ2v) is 5.76. The second-order valence-electron chi connectivity index (χ2n) is 5.76. The Morgan fingerprint density at radius 1 is 1.25 bits per heavy atom. The fourth-order valence-electron chi connectivity index (χ4n) is 2.23.